The molecule has 0 radical (unpaired) electrons. The van der Waals surface area contributed by atoms with Crippen LogP contribution in [0.4, 0.5) is 11.4 Å². The number of ether oxygens (including phenoxy) is 1. The quantitative estimate of drug-likeness (QED) is 0.501. The fourth-order valence-electron chi connectivity index (χ4n) is 2.80. The van der Waals surface area contributed by atoms with Crippen LogP contribution in [0.3, 0.4) is 0 Å². The highest BCUT2D eigenvalue weighted by Gasteiger charge is 2.11. The number of para-hydroxylation sites is 1. The van der Waals surface area contributed by atoms with Crippen molar-refractivity contribution in [3.05, 3.63) is 91.1 Å². The Balaban J connectivity index is 0.000000303. The Kier molecular flexibility index (Phi) is 9.92. The number of hydrogen-bond donors (Lipinski definition) is 2. The number of nitrogens with zero attached hydrogens (tertiary/aromatic N) is 2. The molecule has 0 bridgehead atoms. The number of aliphatic imine (C=N–C) groups is 2. The summed E-state index contributed by atoms with van der Waals surface area (Å²) in [7, 11) is 5.11. The molecule has 0 aromatic heterocycles. The monoisotopic (exact) mass is 428 g/mol. The molecular weight excluding hydrogens is 400 g/mol. The molecule has 0 spiro atoms. The minimum absolute atomic E-state index is 0.286. The van der Waals surface area contributed by atoms with E-state index in [1.165, 1.54) is 12.3 Å². The smallest absolute Gasteiger partial charge is 0.273 e. The Labute approximate surface area is 189 Å². The van der Waals surface area contributed by atoms with Gasteiger partial charge in [0.25, 0.3) is 5.91 Å². The van der Waals surface area contributed by atoms with Crippen LogP contribution in [0, 0.1) is 0 Å². The van der Waals surface area contributed by atoms with Gasteiger partial charge in [-0.15, -0.1) is 0 Å². The SMILES string of the molecule is C=N/C=C\C(=NC)C(=O)Nc1ccccc1-c1ccccc1.CNc1cccc(OC)c1. The standard InChI is InChI=1S/C18H17N3O.C8H11NO/c1-19-13-12-17(20-2)18(22)21-16-11-7-6-10-15(16)14-8-4-3-5-9-14;1-9-7-4-3-5-8(6-7)10-2/h3-13H,1H2,2H3,(H,21,22);3-6,9H,1-2H3/b13-12-,20-17?;. The first-order valence-electron chi connectivity index (χ1n) is 9.99. The van der Waals surface area contributed by atoms with E-state index in [1.54, 1.807) is 14.2 Å². The van der Waals surface area contributed by atoms with Crippen LogP contribution in [0.15, 0.2) is 101 Å². The Hall–Kier alpha value is -4.19. The summed E-state index contributed by atoms with van der Waals surface area (Å²) in [5.41, 5.74) is 4.09. The van der Waals surface area contributed by atoms with E-state index < -0.39 is 0 Å². The highest BCUT2D eigenvalue weighted by Crippen LogP contribution is 2.27. The van der Waals surface area contributed by atoms with Gasteiger partial charge in [0, 0.05) is 43.3 Å². The van der Waals surface area contributed by atoms with Crippen LogP contribution < -0.4 is 15.4 Å². The summed E-state index contributed by atoms with van der Waals surface area (Å²) in [5, 5.41) is 5.91. The van der Waals surface area contributed by atoms with E-state index in [0.29, 0.717) is 0 Å². The van der Waals surface area contributed by atoms with Gasteiger partial charge in [0.15, 0.2) is 0 Å². The van der Waals surface area contributed by atoms with Crippen molar-refractivity contribution in [2.24, 2.45) is 9.98 Å². The maximum absolute atomic E-state index is 12.3. The molecule has 0 aliphatic carbocycles. The highest BCUT2D eigenvalue weighted by atomic mass is 16.5. The molecule has 32 heavy (non-hydrogen) atoms. The minimum atomic E-state index is -0.286. The Morgan fingerprint density at radius 1 is 1.00 bits per heavy atom. The summed E-state index contributed by atoms with van der Waals surface area (Å²) in [5.74, 6) is 0.595. The van der Waals surface area contributed by atoms with Gasteiger partial charge in [-0.2, -0.15) is 0 Å². The summed E-state index contributed by atoms with van der Waals surface area (Å²) in [4.78, 5) is 19.8. The van der Waals surface area contributed by atoms with Gasteiger partial charge in [-0.25, -0.2) is 0 Å². The lowest BCUT2D eigenvalue weighted by molar-refractivity contribution is -0.110. The molecule has 0 atom stereocenters. The number of anilines is 2. The van der Waals surface area contributed by atoms with Crippen molar-refractivity contribution < 1.29 is 9.53 Å². The van der Waals surface area contributed by atoms with E-state index in [0.717, 1.165) is 28.3 Å². The van der Waals surface area contributed by atoms with Crippen LogP contribution in [-0.4, -0.2) is 39.5 Å². The van der Waals surface area contributed by atoms with E-state index in [2.05, 4.69) is 27.3 Å². The number of amides is 1. The maximum Gasteiger partial charge on any atom is 0.273 e. The van der Waals surface area contributed by atoms with Crippen molar-refractivity contribution in [1.29, 1.82) is 0 Å². The van der Waals surface area contributed by atoms with Crippen molar-refractivity contribution in [1.82, 2.24) is 0 Å². The first-order chi connectivity index (χ1) is 15.6. The lowest BCUT2D eigenvalue weighted by atomic mass is 10.0. The van der Waals surface area contributed by atoms with E-state index in [1.807, 2.05) is 85.9 Å². The lowest BCUT2D eigenvalue weighted by Gasteiger charge is -2.11. The van der Waals surface area contributed by atoms with Crippen LogP contribution in [0.2, 0.25) is 0 Å². The first kappa shape index (κ1) is 24.1. The molecule has 3 rings (SSSR count). The predicted octanol–water partition coefficient (Wildman–Crippen LogP) is 5.31. The number of nitrogens with one attached hydrogen (secondary N) is 2. The molecule has 0 unspecified atom stereocenters. The largest absolute Gasteiger partial charge is 0.497 e. The summed E-state index contributed by atoms with van der Waals surface area (Å²) in [6.07, 6.45) is 2.96. The van der Waals surface area contributed by atoms with E-state index in [-0.39, 0.29) is 11.6 Å². The Morgan fingerprint density at radius 2 is 1.72 bits per heavy atom. The number of methoxy groups -OCH3 is 1. The Morgan fingerprint density at radius 3 is 2.38 bits per heavy atom. The minimum Gasteiger partial charge on any atom is -0.497 e. The van der Waals surface area contributed by atoms with Crippen molar-refractivity contribution >= 4 is 29.7 Å². The molecule has 164 valence electrons. The summed E-state index contributed by atoms with van der Waals surface area (Å²) < 4.78 is 5.02. The van der Waals surface area contributed by atoms with Crippen LogP contribution in [0.5, 0.6) is 5.75 Å². The van der Waals surface area contributed by atoms with Crippen molar-refractivity contribution in [3.8, 4) is 16.9 Å². The van der Waals surface area contributed by atoms with Crippen LogP contribution >= 0.6 is 0 Å². The fourth-order valence-corrected chi connectivity index (χ4v) is 2.80. The van der Waals surface area contributed by atoms with Crippen LogP contribution in [0.1, 0.15) is 0 Å². The van der Waals surface area contributed by atoms with Crippen LogP contribution in [0.25, 0.3) is 11.1 Å². The second-order valence-corrected chi connectivity index (χ2v) is 6.45. The molecule has 0 saturated heterocycles. The molecule has 3 aromatic rings. The second kappa shape index (κ2) is 13.2. The molecule has 0 aliphatic heterocycles. The van der Waals surface area contributed by atoms with Gasteiger partial charge in [-0.3, -0.25) is 14.8 Å². The zero-order valence-corrected chi connectivity index (χ0v) is 18.6. The van der Waals surface area contributed by atoms with E-state index in [4.69, 9.17) is 4.74 Å². The van der Waals surface area contributed by atoms with Crippen LogP contribution in [-0.2, 0) is 4.79 Å². The maximum atomic E-state index is 12.3. The van der Waals surface area contributed by atoms with Crippen molar-refractivity contribution in [3.63, 3.8) is 0 Å². The third-order valence-electron chi connectivity index (χ3n) is 4.43. The summed E-state index contributed by atoms with van der Waals surface area (Å²) >= 11 is 0. The zero-order chi connectivity index (χ0) is 23.2. The van der Waals surface area contributed by atoms with Gasteiger partial charge in [0.05, 0.1) is 7.11 Å². The normalized spacial score (nSPS) is 10.7. The molecule has 6 nitrogen and oxygen atoms in total. The topological polar surface area (TPSA) is 75.1 Å². The van der Waals surface area contributed by atoms with Gasteiger partial charge >= 0.3 is 0 Å². The molecule has 0 heterocycles. The number of hydrogen-bond acceptors (Lipinski definition) is 5. The molecule has 1 amide bonds. The number of rotatable bonds is 7. The van der Waals surface area contributed by atoms with Crippen molar-refractivity contribution in [2.45, 2.75) is 0 Å². The predicted molar refractivity (Wildman–Crippen MR) is 135 cm³/mol. The highest BCUT2D eigenvalue weighted by molar-refractivity contribution is 6.47. The molecular formula is C26H28N4O2. The Bertz CT molecular complexity index is 1060. The zero-order valence-electron chi connectivity index (χ0n) is 18.6. The van der Waals surface area contributed by atoms with Gasteiger partial charge < -0.3 is 15.4 Å². The first-order valence-corrected chi connectivity index (χ1v) is 9.99. The molecule has 0 saturated carbocycles. The molecule has 6 heteroatoms. The molecule has 0 aliphatic rings. The van der Waals surface area contributed by atoms with Crippen molar-refractivity contribution in [2.75, 3.05) is 31.8 Å². The third-order valence-corrected chi connectivity index (χ3v) is 4.43. The van der Waals surface area contributed by atoms with E-state index in [9.17, 15) is 4.79 Å². The van der Waals surface area contributed by atoms with Gasteiger partial charge in [-0.05, 0) is 36.6 Å². The fraction of sp³-hybridized carbons (Fsp3) is 0.115. The second-order valence-electron chi connectivity index (χ2n) is 6.45. The molecule has 3 aromatic carbocycles. The number of carbonyl (C=O) groups is 1. The molecule has 0 fully saturated rings. The van der Waals surface area contributed by atoms with E-state index >= 15 is 0 Å². The summed E-state index contributed by atoms with van der Waals surface area (Å²) in [6, 6.07) is 25.3. The third kappa shape index (κ3) is 7.25. The average Bonchev–Trinajstić information content (AvgIpc) is 2.85. The summed E-state index contributed by atoms with van der Waals surface area (Å²) in [6.45, 7) is 3.34. The van der Waals surface area contributed by atoms with Gasteiger partial charge in [-0.1, -0.05) is 54.6 Å². The molecule has 2 N–H and O–H groups in total. The number of carbonyl (C=O) groups excluding carboxylic acids is 1. The number of benzene rings is 3. The lowest BCUT2D eigenvalue weighted by Crippen LogP contribution is -2.21. The van der Waals surface area contributed by atoms with Gasteiger partial charge in [0.2, 0.25) is 0 Å². The van der Waals surface area contributed by atoms with Gasteiger partial charge in [0.1, 0.15) is 11.5 Å². The average molecular weight is 429 g/mol.